The number of imidazole rings is 2. The number of aliphatic hydroxyl groups is 1. The topological polar surface area (TPSA) is 223 Å². The van der Waals surface area contributed by atoms with Gasteiger partial charge < -0.3 is 24.7 Å². The molecule has 3 aliphatic rings. The Balaban J connectivity index is 1.22. The Morgan fingerprint density at radius 3 is 2.45 bits per heavy atom. The highest BCUT2D eigenvalue weighted by Gasteiger charge is 2.55. The van der Waals surface area contributed by atoms with Gasteiger partial charge in [-0.3, -0.25) is 27.5 Å². The van der Waals surface area contributed by atoms with E-state index < -0.39 is 74.7 Å². The van der Waals surface area contributed by atoms with Crippen molar-refractivity contribution in [3.8, 4) is 0 Å². The Hall–Kier alpha value is -2.45. The zero-order valence-electron chi connectivity index (χ0n) is 22.4. The highest BCUT2D eigenvalue weighted by atomic mass is 32.7. The molecule has 23 heteroatoms. The van der Waals surface area contributed by atoms with Crippen LogP contribution in [0.4, 0.5) is 10.2 Å². The smallest absolute Gasteiger partial charge is 0.386 e. The van der Waals surface area contributed by atoms with Crippen LogP contribution in [0.2, 0.25) is 0 Å². The van der Waals surface area contributed by atoms with Crippen LogP contribution in [-0.4, -0.2) is 87.0 Å². The Morgan fingerprint density at radius 1 is 0.955 bits per heavy atom. The van der Waals surface area contributed by atoms with E-state index in [0.717, 1.165) is 0 Å². The second-order valence-electron chi connectivity index (χ2n) is 10.4. The third-order valence-corrected chi connectivity index (χ3v) is 10.9. The van der Waals surface area contributed by atoms with E-state index in [1.807, 2.05) is 0 Å². The summed E-state index contributed by atoms with van der Waals surface area (Å²) in [5.41, 5.74) is 5.96. The molecule has 7 rings (SSSR count). The van der Waals surface area contributed by atoms with Gasteiger partial charge in [0.15, 0.2) is 35.0 Å². The minimum Gasteiger partial charge on any atom is -0.388 e. The zero-order valence-corrected chi connectivity index (χ0v) is 26.0. The number of alkyl halides is 1. The minimum atomic E-state index is -4.44. The van der Waals surface area contributed by atoms with E-state index in [1.165, 1.54) is 46.1 Å². The molecule has 3 fully saturated rings. The van der Waals surface area contributed by atoms with Crippen molar-refractivity contribution in [1.29, 1.82) is 0 Å². The molecule has 1 saturated carbocycles. The van der Waals surface area contributed by atoms with Crippen molar-refractivity contribution in [2.24, 2.45) is 7.05 Å². The molecule has 1 aliphatic carbocycles. The molecular weight excluding hydrogens is 667 g/mol. The molecule has 0 radical (unpaired) electrons. The lowest BCUT2D eigenvalue weighted by Crippen LogP contribution is -2.37. The average Bonchev–Trinajstić information content (AvgIpc) is 3.72. The largest absolute Gasteiger partial charge is 0.388 e. The summed E-state index contributed by atoms with van der Waals surface area (Å²) < 4.78 is 75.3. The molecule has 10 atom stereocenters. The van der Waals surface area contributed by atoms with Crippen LogP contribution < -0.4 is 11.3 Å². The van der Waals surface area contributed by atoms with Crippen molar-refractivity contribution in [2.75, 3.05) is 12.3 Å². The number of rotatable bonds is 2. The molecule has 44 heavy (non-hydrogen) atoms. The SMILES string of the molecule is Cn1cnc2c(ncn2[C@@H]2C[C@@H]3O[P@](=O)(S)O[C@H]4[C@@H](F)[C@H](n5cnc6c(N)ncnc65)O[C@@H]4CO[P@](=O)(S)O[C@@H]2[C@@H]3O)c1=O. The molecule has 6 heterocycles. The number of ether oxygens (including phenoxy) is 1. The number of halogens is 1. The van der Waals surface area contributed by atoms with E-state index in [-0.39, 0.29) is 34.6 Å². The van der Waals surface area contributed by atoms with Gasteiger partial charge in [0, 0.05) is 13.5 Å². The highest BCUT2D eigenvalue weighted by Crippen LogP contribution is 2.62. The molecule has 0 amide bonds. The number of nitrogens with zero attached hydrogens (tertiary/aromatic N) is 8. The first-order chi connectivity index (χ1) is 20.8. The van der Waals surface area contributed by atoms with Gasteiger partial charge in [0.05, 0.1) is 37.7 Å². The van der Waals surface area contributed by atoms with Gasteiger partial charge in [-0.15, -0.1) is 0 Å². The molecule has 3 N–H and O–H groups in total. The van der Waals surface area contributed by atoms with Gasteiger partial charge in [0.2, 0.25) is 0 Å². The Labute approximate surface area is 256 Å². The molecule has 236 valence electrons. The molecule has 2 aliphatic heterocycles. The number of hydrogen-bond donors (Lipinski definition) is 4. The Kier molecular flexibility index (Phi) is 7.43. The second kappa shape index (κ2) is 10.8. The summed E-state index contributed by atoms with van der Waals surface area (Å²) in [6, 6.07) is -0.907. The van der Waals surface area contributed by atoms with E-state index in [4.69, 9.17) is 28.6 Å². The third kappa shape index (κ3) is 5.08. The van der Waals surface area contributed by atoms with Crippen LogP contribution in [0.3, 0.4) is 0 Å². The van der Waals surface area contributed by atoms with Gasteiger partial charge in [0.25, 0.3) is 5.56 Å². The van der Waals surface area contributed by atoms with Gasteiger partial charge in [-0.1, -0.05) is 24.5 Å². The maximum Gasteiger partial charge on any atom is 0.386 e. The molecular formula is C21H24FN9O9P2S2. The van der Waals surface area contributed by atoms with Crippen molar-refractivity contribution in [3.63, 3.8) is 0 Å². The number of thiol groups is 2. The minimum absolute atomic E-state index is 0.0346. The fourth-order valence-electron chi connectivity index (χ4n) is 5.63. The zero-order chi connectivity index (χ0) is 31.1. The summed E-state index contributed by atoms with van der Waals surface area (Å²) in [4.78, 5) is 33.0. The predicted molar refractivity (Wildman–Crippen MR) is 155 cm³/mol. The van der Waals surface area contributed by atoms with E-state index in [2.05, 4.69) is 49.4 Å². The summed E-state index contributed by atoms with van der Waals surface area (Å²) in [5.74, 6) is 0.0588. The molecule has 18 nitrogen and oxygen atoms in total. The predicted octanol–water partition coefficient (Wildman–Crippen LogP) is 1.35. The fraction of sp³-hybridized carbons (Fsp3) is 0.524. The van der Waals surface area contributed by atoms with Crippen LogP contribution in [0, 0.1) is 0 Å². The van der Waals surface area contributed by atoms with E-state index in [9.17, 15) is 19.0 Å². The van der Waals surface area contributed by atoms with Crippen LogP contribution in [0.25, 0.3) is 22.3 Å². The number of aryl methyl sites for hydroxylation is 1. The number of hydrogen-bond acceptors (Lipinski definition) is 15. The van der Waals surface area contributed by atoms with Crippen molar-refractivity contribution < 1.29 is 41.5 Å². The highest BCUT2D eigenvalue weighted by molar-refractivity contribution is 8.44. The Bertz CT molecular complexity index is 1930. The van der Waals surface area contributed by atoms with Crippen LogP contribution >= 0.6 is 38.1 Å². The maximum absolute atomic E-state index is 16.0. The maximum atomic E-state index is 16.0. The Morgan fingerprint density at radius 2 is 1.66 bits per heavy atom. The monoisotopic (exact) mass is 691 g/mol. The van der Waals surface area contributed by atoms with Crippen molar-refractivity contribution >= 4 is 66.2 Å². The third-order valence-electron chi connectivity index (χ3n) is 7.68. The average molecular weight is 692 g/mol. The van der Waals surface area contributed by atoms with Crippen molar-refractivity contribution in [3.05, 3.63) is 35.7 Å². The standard InChI is InChI=1S/C21H24FN9O9P2S2/c1-29-5-28-19-13(20(29)33)27-6-30(19)8-2-9-14(32)15(8)39-41(34,43)36-3-10-16(40-42(35,44)38-9)11(22)21(37-10)31-7-26-12-17(23)24-4-25-18(12)31/h4-11,14-16,21,32H,2-3H2,1H3,(H,34,43)(H,35,44)(H2,23,24,25)/t8-,9+,10-,11-,14-,15+,16-,21-,41+,42+/m1/s1. The second-order valence-corrected chi connectivity index (χ2v) is 16.1. The first-order valence-corrected chi connectivity index (χ1v) is 18.4. The molecule has 0 unspecified atom stereocenters. The van der Waals surface area contributed by atoms with Gasteiger partial charge in [-0.2, -0.15) is 0 Å². The van der Waals surface area contributed by atoms with Gasteiger partial charge >= 0.3 is 13.6 Å². The van der Waals surface area contributed by atoms with Crippen molar-refractivity contribution in [1.82, 2.24) is 38.6 Å². The summed E-state index contributed by atoms with van der Waals surface area (Å²) in [7, 11) is 1.51. The number of aromatic nitrogens is 8. The van der Waals surface area contributed by atoms with Crippen LogP contribution in [0.1, 0.15) is 18.7 Å². The number of anilines is 1. The fourth-order valence-corrected chi connectivity index (χ4v) is 8.98. The number of aliphatic hydroxyl groups excluding tert-OH is 1. The first-order valence-electron chi connectivity index (χ1n) is 13.0. The lowest BCUT2D eigenvalue weighted by Gasteiger charge is -2.29. The summed E-state index contributed by atoms with van der Waals surface area (Å²) >= 11 is 8.15. The van der Waals surface area contributed by atoms with Crippen LogP contribution in [-0.2, 0) is 39.0 Å². The quantitative estimate of drug-likeness (QED) is 0.172. The van der Waals surface area contributed by atoms with E-state index in [1.54, 1.807) is 0 Å². The lowest BCUT2D eigenvalue weighted by molar-refractivity contribution is -0.0519. The molecule has 4 aromatic rings. The van der Waals surface area contributed by atoms with Gasteiger partial charge in [-0.25, -0.2) is 38.4 Å². The molecule has 0 spiro atoms. The normalized spacial score (nSPS) is 38.0. The van der Waals surface area contributed by atoms with E-state index in [0.29, 0.717) is 0 Å². The van der Waals surface area contributed by atoms with E-state index >= 15 is 4.39 Å². The number of nitrogens with two attached hydrogens (primary N) is 1. The summed E-state index contributed by atoms with van der Waals surface area (Å²) in [6.07, 6.45) is -5.74. The number of fused-ring (bicyclic) bond motifs is 5. The number of nitrogen functional groups attached to an aromatic ring is 1. The molecule has 4 aromatic heterocycles. The molecule has 2 saturated heterocycles. The molecule has 2 bridgehead atoms. The summed E-state index contributed by atoms with van der Waals surface area (Å²) in [6.45, 7) is -9.35. The lowest BCUT2D eigenvalue weighted by atomic mass is 10.1. The van der Waals surface area contributed by atoms with Crippen LogP contribution in [0.5, 0.6) is 0 Å². The molecule has 0 aromatic carbocycles. The van der Waals surface area contributed by atoms with Gasteiger partial charge in [-0.05, 0) is 0 Å². The van der Waals surface area contributed by atoms with Gasteiger partial charge in [0.1, 0.15) is 36.3 Å². The summed E-state index contributed by atoms with van der Waals surface area (Å²) in [5, 5.41) is 11.2. The van der Waals surface area contributed by atoms with Crippen molar-refractivity contribution in [2.45, 2.75) is 55.4 Å². The van der Waals surface area contributed by atoms with Crippen LogP contribution in [0.15, 0.2) is 30.1 Å². The first kappa shape index (κ1) is 30.2.